The number of rotatable bonds is 4. The molecule has 31 heavy (non-hydrogen) atoms. The van der Waals surface area contributed by atoms with E-state index in [2.05, 4.69) is 4.74 Å². The fraction of sp³-hybridized carbons (Fsp3) is 0.333. The molecular formula is C21H21Cl2F3N2O3. The molecule has 2 rings (SSSR count). The van der Waals surface area contributed by atoms with Crippen LogP contribution in [0.5, 0.6) is 5.75 Å². The molecule has 0 aliphatic rings. The number of hydrogen-bond donors (Lipinski definition) is 0. The minimum atomic E-state index is -4.84. The lowest BCUT2D eigenvalue weighted by Crippen LogP contribution is -2.58. The Bertz CT molecular complexity index is 958. The third kappa shape index (κ3) is 6.27. The number of hydrazine groups is 1. The van der Waals surface area contributed by atoms with Crippen molar-refractivity contribution in [2.45, 2.75) is 39.6 Å². The highest BCUT2D eigenvalue weighted by molar-refractivity contribution is 6.36. The standard InChI is InChI=1S/C21H21Cl2F3N2O3/c1-5-27(19(30)16-11-8-14(22)12-17(16)23)28(20(2,3)4)18(29)13-6-9-15(10-7-13)31-21(24,25)26/h6-12H,5H2,1-4H3. The lowest BCUT2D eigenvalue weighted by molar-refractivity contribution is -0.274. The van der Waals surface area contributed by atoms with Crippen molar-refractivity contribution in [3.8, 4) is 5.75 Å². The van der Waals surface area contributed by atoms with Gasteiger partial charge in [-0.05, 0) is 70.2 Å². The van der Waals surface area contributed by atoms with Crippen molar-refractivity contribution in [2.75, 3.05) is 6.54 Å². The molecule has 0 bridgehead atoms. The van der Waals surface area contributed by atoms with Crippen LogP contribution in [0.1, 0.15) is 48.4 Å². The van der Waals surface area contributed by atoms with E-state index in [0.717, 1.165) is 12.1 Å². The van der Waals surface area contributed by atoms with E-state index in [1.165, 1.54) is 40.3 Å². The molecule has 0 aliphatic heterocycles. The van der Waals surface area contributed by atoms with Crippen molar-refractivity contribution in [2.24, 2.45) is 0 Å². The molecular weight excluding hydrogens is 456 g/mol. The van der Waals surface area contributed by atoms with Crippen LogP contribution in [-0.2, 0) is 0 Å². The summed E-state index contributed by atoms with van der Waals surface area (Å²) in [4.78, 5) is 26.5. The molecule has 0 N–H and O–H groups in total. The summed E-state index contributed by atoms with van der Waals surface area (Å²) in [5.74, 6) is -1.56. The Morgan fingerprint density at radius 3 is 2.00 bits per heavy atom. The highest BCUT2D eigenvalue weighted by Crippen LogP contribution is 2.28. The molecule has 168 valence electrons. The number of alkyl halides is 3. The summed E-state index contributed by atoms with van der Waals surface area (Å²) in [7, 11) is 0. The van der Waals surface area contributed by atoms with Gasteiger partial charge in [0.25, 0.3) is 11.8 Å². The number of halogens is 5. The molecule has 0 saturated carbocycles. The maximum atomic E-state index is 13.3. The minimum Gasteiger partial charge on any atom is -0.406 e. The van der Waals surface area contributed by atoms with Gasteiger partial charge in [-0.25, -0.2) is 10.0 Å². The second-order valence-corrected chi connectivity index (χ2v) is 8.35. The molecule has 0 fully saturated rings. The van der Waals surface area contributed by atoms with Crippen molar-refractivity contribution in [3.63, 3.8) is 0 Å². The number of hydrogen-bond acceptors (Lipinski definition) is 3. The highest BCUT2D eigenvalue weighted by Gasteiger charge is 2.36. The van der Waals surface area contributed by atoms with E-state index < -0.39 is 29.5 Å². The van der Waals surface area contributed by atoms with Crippen LogP contribution in [-0.4, -0.2) is 40.3 Å². The Balaban J connectivity index is 2.41. The molecule has 2 aromatic carbocycles. The van der Waals surface area contributed by atoms with Gasteiger partial charge in [0.15, 0.2) is 0 Å². The summed E-state index contributed by atoms with van der Waals surface area (Å²) in [6, 6.07) is 8.88. The van der Waals surface area contributed by atoms with Gasteiger partial charge in [-0.15, -0.1) is 13.2 Å². The van der Waals surface area contributed by atoms with Crippen molar-refractivity contribution in [1.29, 1.82) is 0 Å². The third-order valence-corrected chi connectivity index (χ3v) is 4.65. The first-order valence-electron chi connectivity index (χ1n) is 9.21. The zero-order valence-electron chi connectivity index (χ0n) is 17.3. The first kappa shape index (κ1) is 24.8. The van der Waals surface area contributed by atoms with Gasteiger partial charge in [0.05, 0.1) is 16.1 Å². The predicted octanol–water partition coefficient (Wildman–Crippen LogP) is 6.21. The zero-order chi connectivity index (χ0) is 23.6. The lowest BCUT2D eigenvalue weighted by atomic mass is 10.1. The fourth-order valence-electron chi connectivity index (χ4n) is 2.88. The summed E-state index contributed by atoms with van der Waals surface area (Å²) in [5.41, 5.74) is -0.607. The molecule has 2 amide bonds. The second kappa shape index (κ2) is 9.36. The molecule has 0 aromatic heterocycles. The third-order valence-electron chi connectivity index (χ3n) is 4.10. The molecule has 0 unspecified atom stereocenters. The number of ether oxygens (including phenoxy) is 1. The summed E-state index contributed by atoms with van der Waals surface area (Å²) in [5, 5.41) is 2.97. The Morgan fingerprint density at radius 1 is 0.968 bits per heavy atom. The van der Waals surface area contributed by atoms with E-state index >= 15 is 0 Å². The fourth-order valence-corrected chi connectivity index (χ4v) is 3.37. The highest BCUT2D eigenvalue weighted by atomic mass is 35.5. The van der Waals surface area contributed by atoms with E-state index in [-0.39, 0.29) is 22.7 Å². The Morgan fingerprint density at radius 2 is 1.55 bits per heavy atom. The van der Waals surface area contributed by atoms with Gasteiger partial charge in [-0.1, -0.05) is 23.2 Å². The molecule has 0 atom stereocenters. The van der Waals surface area contributed by atoms with Crippen molar-refractivity contribution in [1.82, 2.24) is 10.0 Å². The number of carbonyl (C=O) groups excluding carboxylic acids is 2. The number of amides is 2. The molecule has 0 saturated heterocycles. The van der Waals surface area contributed by atoms with Gasteiger partial charge in [0.1, 0.15) is 5.75 Å². The van der Waals surface area contributed by atoms with Gasteiger partial charge in [-0.2, -0.15) is 0 Å². The zero-order valence-corrected chi connectivity index (χ0v) is 18.8. The number of carbonyl (C=O) groups is 2. The average molecular weight is 477 g/mol. The monoisotopic (exact) mass is 476 g/mol. The molecule has 2 aromatic rings. The average Bonchev–Trinajstić information content (AvgIpc) is 2.63. The van der Waals surface area contributed by atoms with Crippen LogP contribution in [0.25, 0.3) is 0 Å². The van der Waals surface area contributed by atoms with E-state index in [1.807, 2.05) is 0 Å². The van der Waals surface area contributed by atoms with Gasteiger partial charge in [0.2, 0.25) is 0 Å². The topological polar surface area (TPSA) is 49.9 Å². The SMILES string of the molecule is CCN(C(=O)c1ccc(Cl)cc1Cl)N(C(=O)c1ccc(OC(F)(F)F)cc1)C(C)(C)C. The van der Waals surface area contributed by atoms with E-state index in [1.54, 1.807) is 27.7 Å². The quantitative estimate of drug-likeness (QED) is 0.492. The first-order valence-corrected chi connectivity index (χ1v) is 9.97. The van der Waals surface area contributed by atoms with Crippen LogP contribution in [0.4, 0.5) is 13.2 Å². The summed E-state index contributed by atoms with van der Waals surface area (Å²) in [6.07, 6.45) is -4.84. The van der Waals surface area contributed by atoms with Crippen LogP contribution in [0.15, 0.2) is 42.5 Å². The van der Waals surface area contributed by atoms with Gasteiger partial charge < -0.3 is 4.74 Å². The summed E-state index contributed by atoms with van der Waals surface area (Å²) in [6.45, 7) is 7.01. The second-order valence-electron chi connectivity index (χ2n) is 7.51. The molecule has 0 spiro atoms. The lowest BCUT2D eigenvalue weighted by Gasteiger charge is -2.43. The Kier molecular flexibility index (Phi) is 7.49. The molecule has 10 heteroatoms. The summed E-state index contributed by atoms with van der Waals surface area (Å²) < 4.78 is 41.0. The van der Waals surface area contributed by atoms with Gasteiger partial charge in [-0.3, -0.25) is 9.59 Å². The van der Waals surface area contributed by atoms with Crippen LogP contribution >= 0.6 is 23.2 Å². The molecule has 5 nitrogen and oxygen atoms in total. The maximum absolute atomic E-state index is 13.3. The Hall–Kier alpha value is -2.45. The van der Waals surface area contributed by atoms with Crippen molar-refractivity contribution < 1.29 is 27.5 Å². The minimum absolute atomic E-state index is 0.0814. The van der Waals surface area contributed by atoms with Gasteiger partial charge >= 0.3 is 6.36 Å². The molecule has 0 aliphatic carbocycles. The van der Waals surface area contributed by atoms with Crippen LogP contribution in [0.3, 0.4) is 0 Å². The maximum Gasteiger partial charge on any atom is 0.573 e. The first-order chi connectivity index (χ1) is 14.2. The Labute approximate surface area is 188 Å². The van der Waals surface area contributed by atoms with Crippen LogP contribution < -0.4 is 4.74 Å². The smallest absolute Gasteiger partial charge is 0.406 e. The molecule has 0 radical (unpaired) electrons. The number of benzene rings is 2. The van der Waals surface area contributed by atoms with E-state index in [0.29, 0.717) is 5.02 Å². The molecule has 0 heterocycles. The predicted molar refractivity (Wildman–Crippen MR) is 112 cm³/mol. The largest absolute Gasteiger partial charge is 0.573 e. The van der Waals surface area contributed by atoms with E-state index in [4.69, 9.17) is 23.2 Å². The van der Waals surface area contributed by atoms with Crippen molar-refractivity contribution >= 4 is 35.0 Å². The summed E-state index contributed by atoms with van der Waals surface area (Å²) >= 11 is 12.1. The number of nitrogens with zero attached hydrogens (tertiary/aromatic N) is 2. The van der Waals surface area contributed by atoms with Crippen molar-refractivity contribution in [3.05, 3.63) is 63.6 Å². The van der Waals surface area contributed by atoms with Crippen LogP contribution in [0.2, 0.25) is 10.0 Å². The van der Waals surface area contributed by atoms with Crippen LogP contribution in [0, 0.1) is 0 Å². The van der Waals surface area contributed by atoms with Gasteiger partial charge in [0, 0.05) is 17.1 Å². The van der Waals surface area contributed by atoms with E-state index in [9.17, 15) is 22.8 Å². The normalized spacial score (nSPS) is 11.8.